The van der Waals surface area contributed by atoms with Crippen molar-refractivity contribution in [3.63, 3.8) is 0 Å². The van der Waals surface area contributed by atoms with Gasteiger partial charge in [-0.05, 0) is 18.7 Å². The van der Waals surface area contributed by atoms with E-state index in [9.17, 15) is 14.7 Å². The molecule has 1 aromatic heterocycles. The minimum atomic E-state index is -0.587. The number of carbonyl (C=O) groups is 2. The number of aryl methyl sites for hydroxylation is 1. The van der Waals surface area contributed by atoms with Gasteiger partial charge in [0.15, 0.2) is 15.7 Å². The van der Waals surface area contributed by atoms with Crippen molar-refractivity contribution >= 4 is 34.2 Å². The lowest BCUT2D eigenvalue weighted by Gasteiger charge is -1.97. The Kier molecular flexibility index (Phi) is 3.76. The summed E-state index contributed by atoms with van der Waals surface area (Å²) in [6.45, 7) is 3.14. The van der Waals surface area contributed by atoms with E-state index >= 15 is 0 Å². The first-order valence-corrected chi connectivity index (χ1v) is 5.69. The van der Waals surface area contributed by atoms with Crippen molar-refractivity contribution in [1.29, 1.82) is 0 Å². The topological polar surface area (TPSA) is 63.6 Å². The van der Waals surface area contributed by atoms with Crippen LogP contribution < -0.4 is 0 Å². The van der Waals surface area contributed by atoms with E-state index in [1.54, 1.807) is 6.92 Å². The third-order valence-corrected chi connectivity index (χ3v) is 3.82. The number of aromatic hydroxyl groups is 1. The first-order chi connectivity index (χ1) is 6.97. The van der Waals surface area contributed by atoms with Crippen LogP contribution >= 0.6 is 23.1 Å². The molecule has 0 aromatic carbocycles. The van der Waals surface area contributed by atoms with Crippen molar-refractivity contribution in [1.82, 2.24) is 0 Å². The molecule has 0 atom stereocenters. The molecule has 15 heavy (non-hydrogen) atoms. The lowest BCUT2D eigenvalue weighted by atomic mass is 10.4. The van der Waals surface area contributed by atoms with E-state index in [4.69, 9.17) is 0 Å². The van der Waals surface area contributed by atoms with E-state index in [2.05, 4.69) is 4.74 Å². The molecule has 0 aliphatic heterocycles. The molecule has 0 aliphatic rings. The maximum atomic E-state index is 11.2. The molecule has 0 spiro atoms. The summed E-state index contributed by atoms with van der Waals surface area (Å²) >= 11 is 2.03. The van der Waals surface area contributed by atoms with Crippen LogP contribution in [0.3, 0.4) is 0 Å². The molecule has 0 saturated heterocycles. The van der Waals surface area contributed by atoms with Crippen molar-refractivity contribution < 1.29 is 19.4 Å². The number of thiophene rings is 1. The number of thioether (sulfide) groups is 1. The Morgan fingerprint density at radius 2 is 2.07 bits per heavy atom. The summed E-state index contributed by atoms with van der Waals surface area (Å²) in [5.74, 6) is -0.749. The molecule has 0 unspecified atom stereocenters. The Labute approximate surface area is 95.3 Å². The van der Waals surface area contributed by atoms with E-state index in [0.29, 0.717) is 4.90 Å². The normalized spacial score (nSPS) is 10.1. The summed E-state index contributed by atoms with van der Waals surface area (Å²) in [6.07, 6.45) is 0. The molecule has 0 fully saturated rings. The van der Waals surface area contributed by atoms with Crippen LogP contribution in [0.1, 0.15) is 21.5 Å². The molecule has 6 heteroatoms. The van der Waals surface area contributed by atoms with Gasteiger partial charge in [0, 0.05) is 11.8 Å². The number of hydrogen-bond donors (Lipinski definition) is 1. The van der Waals surface area contributed by atoms with Crippen molar-refractivity contribution in [3.8, 4) is 5.75 Å². The number of methoxy groups -OCH3 is 1. The van der Waals surface area contributed by atoms with Gasteiger partial charge in [-0.25, -0.2) is 4.79 Å². The summed E-state index contributed by atoms with van der Waals surface area (Å²) in [6, 6.07) is 0. The molecule has 82 valence electrons. The fourth-order valence-corrected chi connectivity index (χ4v) is 2.82. The third kappa shape index (κ3) is 2.51. The number of carbonyl (C=O) groups excluding carboxylic acids is 2. The zero-order chi connectivity index (χ0) is 11.6. The Hall–Kier alpha value is -1.01. The van der Waals surface area contributed by atoms with Gasteiger partial charge in [-0.1, -0.05) is 0 Å². The summed E-state index contributed by atoms with van der Waals surface area (Å²) < 4.78 is 4.51. The number of esters is 1. The molecule has 0 radical (unpaired) electrons. The second-order valence-electron chi connectivity index (χ2n) is 2.75. The van der Waals surface area contributed by atoms with Crippen LogP contribution in [0.2, 0.25) is 0 Å². The quantitative estimate of drug-likeness (QED) is 0.640. The first kappa shape index (κ1) is 12.1. The Morgan fingerprint density at radius 3 is 2.53 bits per heavy atom. The molecule has 1 N–H and O–H groups in total. The van der Waals surface area contributed by atoms with Crippen LogP contribution in [-0.2, 0) is 9.53 Å². The van der Waals surface area contributed by atoms with Gasteiger partial charge in [0.2, 0.25) is 0 Å². The first-order valence-electron chi connectivity index (χ1n) is 4.06. The molecule has 1 heterocycles. The van der Waals surface area contributed by atoms with E-state index in [1.807, 2.05) is 0 Å². The predicted octanol–water partition coefficient (Wildman–Crippen LogP) is 2.19. The van der Waals surface area contributed by atoms with Crippen molar-refractivity contribution in [2.45, 2.75) is 18.7 Å². The van der Waals surface area contributed by atoms with E-state index in [-0.39, 0.29) is 15.7 Å². The van der Waals surface area contributed by atoms with Gasteiger partial charge in [0.1, 0.15) is 0 Å². The van der Waals surface area contributed by atoms with Crippen LogP contribution in [0.15, 0.2) is 4.90 Å². The van der Waals surface area contributed by atoms with E-state index < -0.39 is 5.97 Å². The summed E-state index contributed by atoms with van der Waals surface area (Å²) in [5.41, 5.74) is 0. The highest BCUT2D eigenvalue weighted by molar-refractivity contribution is 8.13. The van der Waals surface area contributed by atoms with Gasteiger partial charge < -0.3 is 9.84 Å². The van der Waals surface area contributed by atoms with E-state index in [0.717, 1.165) is 28.0 Å². The minimum absolute atomic E-state index is 0.136. The Morgan fingerprint density at radius 1 is 1.47 bits per heavy atom. The highest BCUT2D eigenvalue weighted by atomic mass is 32.2. The molecule has 1 aromatic rings. The van der Waals surface area contributed by atoms with Crippen molar-refractivity contribution in [2.24, 2.45) is 0 Å². The fourth-order valence-electron chi connectivity index (χ4n) is 1.01. The van der Waals surface area contributed by atoms with Crippen LogP contribution in [0, 0.1) is 6.92 Å². The predicted molar refractivity (Wildman–Crippen MR) is 58.6 cm³/mol. The monoisotopic (exact) mass is 246 g/mol. The molecule has 0 bridgehead atoms. The van der Waals surface area contributed by atoms with Gasteiger partial charge in [-0.15, -0.1) is 11.3 Å². The fraction of sp³-hybridized carbons (Fsp3) is 0.333. The molecule has 0 amide bonds. The maximum Gasteiger partial charge on any atom is 0.351 e. The third-order valence-electron chi connectivity index (χ3n) is 1.62. The summed E-state index contributed by atoms with van der Waals surface area (Å²) in [4.78, 5) is 23.4. The minimum Gasteiger partial charge on any atom is -0.505 e. The average molecular weight is 246 g/mol. The number of rotatable bonds is 2. The molecular weight excluding hydrogens is 236 g/mol. The average Bonchev–Trinajstić information content (AvgIpc) is 2.44. The van der Waals surface area contributed by atoms with Gasteiger partial charge in [-0.3, -0.25) is 4.79 Å². The van der Waals surface area contributed by atoms with Gasteiger partial charge >= 0.3 is 5.97 Å². The summed E-state index contributed by atoms with van der Waals surface area (Å²) in [5, 5.41) is 9.56. The lowest BCUT2D eigenvalue weighted by Crippen LogP contribution is -1.97. The largest absolute Gasteiger partial charge is 0.505 e. The van der Waals surface area contributed by atoms with Gasteiger partial charge in [0.25, 0.3) is 0 Å². The maximum absolute atomic E-state index is 11.2. The number of ether oxygens (including phenoxy) is 1. The van der Waals surface area contributed by atoms with Crippen LogP contribution in [0.5, 0.6) is 5.75 Å². The summed E-state index contributed by atoms with van der Waals surface area (Å²) in [7, 11) is 1.24. The van der Waals surface area contributed by atoms with Crippen LogP contribution in [0.25, 0.3) is 0 Å². The lowest BCUT2D eigenvalue weighted by molar-refractivity contribution is -0.109. The van der Waals surface area contributed by atoms with E-state index in [1.165, 1.54) is 14.0 Å². The van der Waals surface area contributed by atoms with Gasteiger partial charge in [-0.2, -0.15) is 0 Å². The smallest absolute Gasteiger partial charge is 0.351 e. The standard InChI is InChI=1S/C9H10O4S2/c1-4-7(15-5(2)10)6(11)8(14-4)9(12)13-3/h11H,1-3H3. The van der Waals surface area contributed by atoms with Crippen molar-refractivity contribution in [3.05, 3.63) is 9.75 Å². The molecular formula is C9H10O4S2. The molecule has 1 rings (SSSR count). The second kappa shape index (κ2) is 4.67. The Bertz CT molecular complexity index is 408. The van der Waals surface area contributed by atoms with Crippen LogP contribution in [0.4, 0.5) is 0 Å². The molecule has 4 nitrogen and oxygen atoms in total. The SMILES string of the molecule is COC(=O)c1sc(C)c(SC(C)=O)c1O. The Balaban J connectivity index is 3.14. The second-order valence-corrected chi connectivity index (χ2v) is 5.16. The highest BCUT2D eigenvalue weighted by Crippen LogP contribution is 2.41. The van der Waals surface area contributed by atoms with Crippen molar-refractivity contribution in [2.75, 3.05) is 7.11 Å². The number of hydrogen-bond acceptors (Lipinski definition) is 6. The van der Waals surface area contributed by atoms with Crippen LogP contribution in [-0.4, -0.2) is 23.3 Å². The zero-order valence-electron chi connectivity index (χ0n) is 8.49. The van der Waals surface area contributed by atoms with Gasteiger partial charge in [0.05, 0.1) is 12.0 Å². The molecule has 0 aliphatic carbocycles. The highest BCUT2D eigenvalue weighted by Gasteiger charge is 2.22. The zero-order valence-corrected chi connectivity index (χ0v) is 10.1. The molecule has 0 saturated carbocycles.